The molecule has 0 bridgehead atoms. The first-order chi connectivity index (χ1) is 4.70. The number of thiol groups is 1. The van der Waals surface area contributed by atoms with Gasteiger partial charge in [0.2, 0.25) is 0 Å². The van der Waals surface area contributed by atoms with Crippen molar-refractivity contribution in [1.29, 1.82) is 0 Å². The van der Waals surface area contributed by atoms with Crippen LogP contribution in [0.1, 0.15) is 17.7 Å². The fraction of sp³-hybridized carbons (Fsp3) is 0.286. The van der Waals surface area contributed by atoms with E-state index in [1.54, 1.807) is 12.3 Å². The molecule has 2 nitrogen and oxygen atoms in total. The van der Waals surface area contributed by atoms with Gasteiger partial charge in [0, 0.05) is 11.4 Å². The van der Waals surface area contributed by atoms with E-state index in [2.05, 4.69) is 17.6 Å². The number of aromatic nitrogens is 1. The number of rotatable bonds is 1. The smallest absolute Gasteiger partial charge is 0.123 e. The Kier molecular flexibility index (Phi) is 2.17. The van der Waals surface area contributed by atoms with E-state index in [1.807, 2.05) is 13.0 Å². The summed E-state index contributed by atoms with van der Waals surface area (Å²) in [5.41, 5.74) is 6.49. The lowest BCUT2D eigenvalue weighted by Gasteiger charge is -2.02. The van der Waals surface area contributed by atoms with Crippen LogP contribution in [0.3, 0.4) is 0 Å². The molecule has 0 spiro atoms. The minimum absolute atomic E-state index is 0.230. The Bertz CT molecular complexity index is 205. The lowest BCUT2D eigenvalue weighted by Crippen LogP contribution is -1.91. The van der Waals surface area contributed by atoms with Gasteiger partial charge in [-0.2, -0.15) is 12.6 Å². The predicted octanol–water partition coefficient (Wildman–Crippen LogP) is 1.65. The highest BCUT2D eigenvalue weighted by Crippen LogP contribution is 2.17. The second kappa shape index (κ2) is 2.92. The van der Waals surface area contributed by atoms with E-state index in [0.29, 0.717) is 5.82 Å². The highest BCUT2D eigenvalue weighted by molar-refractivity contribution is 7.80. The second-order valence-electron chi connectivity index (χ2n) is 2.19. The van der Waals surface area contributed by atoms with Crippen LogP contribution < -0.4 is 5.73 Å². The van der Waals surface area contributed by atoms with Gasteiger partial charge in [0.05, 0.1) is 0 Å². The average Bonchev–Trinajstić information content (AvgIpc) is 1.88. The maximum Gasteiger partial charge on any atom is 0.123 e. The summed E-state index contributed by atoms with van der Waals surface area (Å²) in [6.07, 6.45) is 1.74. The monoisotopic (exact) mass is 154 g/mol. The average molecular weight is 154 g/mol. The zero-order valence-electron chi connectivity index (χ0n) is 5.78. The van der Waals surface area contributed by atoms with Crippen molar-refractivity contribution in [3.8, 4) is 0 Å². The predicted molar refractivity (Wildman–Crippen MR) is 46.1 cm³/mol. The molecule has 0 aromatic carbocycles. The summed E-state index contributed by atoms with van der Waals surface area (Å²) in [5.74, 6) is 0.553. The topological polar surface area (TPSA) is 38.9 Å². The van der Waals surface area contributed by atoms with Crippen molar-refractivity contribution in [3.05, 3.63) is 23.9 Å². The van der Waals surface area contributed by atoms with Crippen molar-refractivity contribution in [2.75, 3.05) is 5.73 Å². The summed E-state index contributed by atoms with van der Waals surface area (Å²) in [4.78, 5) is 3.93. The number of hydrogen-bond donors (Lipinski definition) is 2. The Hall–Kier alpha value is -0.700. The van der Waals surface area contributed by atoms with Crippen molar-refractivity contribution in [3.63, 3.8) is 0 Å². The Balaban J connectivity index is 2.89. The summed E-state index contributed by atoms with van der Waals surface area (Å²) in [7, 11) is 0. The normalized spacial score (nSPS) is 13.0. The molecule has 0 amide bonds. The van der Waals surface area contributed by atoms with Gasteiger partial charge < -0.3 is 5.73 Å². The zero-order valence-corrected chi connectivity index (χ0v) is 6.68. The van der Waals surface area contributed by atoms with Gasteiger partial charge in [-0.25, -0.2) is 4.98 Å². The number of hydrogen-bond acceptors (Lipinski definition) is 3. The van der Waals surface area contributed by atoms with Crippen LogP contribution in [-0.4, -0.2) is 4.98 Å². The summed E-state index contributed by atoms with van der Waals surface area (Å²) in [5, 5.41) is 0.230. The number of nitrogens with zero attached hydrogens (tertiary/aromatic N) is 1. The first-order valence-electron chi connectivity index (χ1n) is 3.09. The van der Waals surface area contributed by atoms with Crippen molar-refractivity contribution in [2.45, 2.75) is 12.2 Å². The molecule has 3 heteroatoms. The maximum atomic E-state index is 5.39. The lowest BCUT2D eigenvalue weighted by atomic mass is 10.2. The fourth-order valence-corrected chi connectivity index (χ4v) is 0.817. The van der Waals surface area contributed by atoms with Gasteiger partial charge in [-0.1, -0.05) is 6.07 Å². The van der Waals surface area contributed by atoms with E-state index in [1.165, 1.54) is 0 Å². The molecule has 1 heterocycles. The second-order valence-corrected chi connectivity index (χ2v) is 2.97. The van der Waals surface area contributed by atoms with E-state index in [9.17, 15) is 0 Å². The largest absolute Gasteiger partial charge is 0.384 e. The molecule has 1 unspecified atom stereocenters. The van der Waals surface area contributed by atoms with Crippen LogP contribution in [0.5, 0.6) is 0 Å². The summed E-state index contributed by atoms with van der Waals surface area (Å²) < 4.78 is 0. The van der Waals surface area contributed by atoms with E-state index >= 15 is 0 Å². The standard InChI is InChI=1S/C7H10N2S/c1-5(10)6-2-3-7(8)9-4-6/h2-5,10H,1H3,(H2,8,9). The van der Waals surface area contributed by atoms with E-state index in [-0.39, 0.29) is 5.25 Å². The van der Waals surface area contributed by atoms with Crippen LogP contribution in [0.15, 0.2) is 18.3 Å². The van der Waals surface area contributed by atoms with Gasteiger partial charge in [-0.3, -0.25) is 0 Å². The van der Waals surface area contributed by atoms with Gasteiger partial charge in [0.15, 0.2) is 0 Å². The summed E-state index contributed by atoms with van der Waals surface area (Å²) in [6.45, 7) is 2.00. The number of pyridine rings is 1. The Morgan fingerprint density at radius 3 is 2.70 bits per heavy atom. The van der Waals surface area contributed by atoms with Crippen molar-refractivity contribution in [1.82, 2.24) is 4.98 Å². The molecule has 10 heavy (non-hydrogen) atoms. The molecule has 54 valence electrons. The molecule has 1 atom stereocenters. The molecule has 1 aromatic rings. The van der Waals surface area contributed by atoms with Gasteiger partial charge in [0.25, 0.3) is 0 Å². The first kappa shape index (κ1) is 7.41. The molecule has 1 rings (SSSR count). The lowest BCUT2D eigenvalue weighted by molar-refractivity contribution is 1.08. The Morgan fingerprint density at radius 2 is 2.30 bits per heavy atom. The van der Waals surface area contributed by atoms with E-state index < -0.39 is 0 Å². The highest BCUT2D eigenvalue weighted by atomic mass is 32.1. The minimum atomic E-state index is 0.230. The fourth-order valence-electron chi connectivity index (χ4n) is 0.664. The SMILES string of the molecule is CC(S)c1ccc(N)nc1. The van der Waals surface area contributed by atoms with Crippen LogP contribution in [0.2, 0.25) is 0 Å². The van der Waals surface area contributed by atoms with E-state index in [4.69, 9.17) is 5.73 Å². The van der Waals surface area contributed by atoms with Crippen LogP contribution in [0.25, 0.3) is 0 Å². The number of nitrogens with two attached hydrogens (primary N) is 1. The van der Waals surface area contributed by atoms with Crippen LogP contribution >= 0.6 is 12.6 Å². The van der Waals surface area contributed by atoms with Crippen molar-refractivity contribution in [2.24, 2.45) is 0 Å². The Morgan fingerprint density at radius 1 is 1.60 bits per heavy atom. The summed E-state index contributed by atoms with van der Waals surface area (Å²) in [6, 6.07) is 3.71. The Labute approximate surface area is 65.9 Å². The third kappa shape index (κ3) is 1.64. The third-order valence-electron chi connectivity index (χ3n) is 1.29. The summed E-state index contributed by atoms with van der Waals surface area (Å²) >= 11 is 4.24. The first-order valence-corrected chi connectivity index (χ1v) is 3.61. The van der Waals surface area contributed by atoms with Gasteiger partial charge in [-0.05, 0) is 18.6 Å². The van der Waals surface area contributed by atoms with E-state index in [0.717, 1.165) is 5.56 Å². The molecule has 0 fully saturated rings. The molecule has 0 aliphatic carbocycles. The zero-order chi connectivity index (χ0) is 7.56. The molecule has 0 radical (unpaired) electrons. The minimum Gasteiger partial charge on any atom is -0.384 e. The molecular weight excluding hydrogens is 144 g/mol. The number of nitrogen functional groups attached to an aromatic ring is 1. The highest BCUT2D eigenvalue weighted by Gasteiger charge is 1.97. The van der Waals surface area contributed by atoms with Gasteiger partial charge in [-0.15, -0.1) is 0 Å². The number of anilines is 1. The quantitative estimate of drug-likeness (QED) is 0.604. The molecular formula is C7H10N2S. The van der Waals surface area contributed by atoms with Crippen LogP contribution in [-0.2, 0) is 0 Å². The molecule has 0 aliphatic heterocycles. The molecule has 2 N–H and O–H groups in total. The van der Waals surface area contributed by atoms with Crippen molar-refractivity contribution >= 4 is 18.4 Å². The van der Waals surface area contributed by atoms with Gasteiger partial charge in [0.1, 0.15) is 5.82 Å². The molecule has 0 saturated heterocycles. The van der Waals surface area contributed by atoms with Crippen molar-refractivity contribution < 1.29 is 0 Å². The van der Waals surface area contributed by atoms with Gasteiger partial charge >= 0.3 is 0 Å². The molecule has 0 aliphatic rings. The maximum absolute atomic E-state index is 5.39. The van der Waals surface area contributed by atoms with Crippen LogP contribution in [0, 0.1) is 0 Å². The molecule has 1 aromatic heterocycles. The molecule has 0 saturated carbocycles. The third-order valence-corrected chi connectivity index (χ3v) is 1.59. The van der Waals surface area contributed by atoms with Crippen LogP contribution in [0.4, 0.5) is 5.82 Å².